The molecule has 2 heterocycles. The second-order valence-corrected chi connectivity index (χ2v) is 11.3. The molecule has 2 atom stereocenters. The van der Waals surface area contributed by atoms with E-state index in [2.05, 4.69) is 37.5 Å². The smallest absolute Gasteiger partial charge is 0.238 e. The van der Waals surface area contributed by atoms with Crippen LogP contribution in [0, 0.1) is 22.7 Å². The van der Waals surface area contributed by atoms with Gasteiger partial charge in [-0.2, -0.15) is 5.26 Å². The van der Waals surface area contributed by atoms with Crippen LogP contribution in [0.1, 0.15) is 49.6 Å². The van der Waals surface area contributed by atoms with Crippen LogP contribution in [-0.4, -0.2) is 17.1 Å². The van der Waals surface area contributed by atoms with E-state index in [1.165, 1.54) is 28.0 Å². The summed E-state index contributed by atoms with van der Waals surface area (Å²) in [5.41, 5.74) is 2.70. The maximum absolute atomic E-state index is 12.7. The highest BCUT2D eigenvalue weighted by molar-refractivity contribution is 8.01. The number of thiophene rings is 1. The zero-order valence-corrected chi connectivity index (χ0v) is 19.0. The summed E-state index contributed by atoms with van der Waals surface area (Å²) in [7, 11) is 0. The van der Waals surface area contributed by atoms with Crippen molar-refractivity contribution in [2.24, 2.45) is 11.3 Å². The number of hydrogen-bond acceptors (Lipinski definition) is 5. The third-order valence-corrected chi connectivity index (χ3v) is 8.38. The molecule has 0 bridgehead atoms. The largest absolute Gasteiger partial charge is 0.324 e. The quantitative estimate of drug-likeness (QED) is 0.688. The Balaban J connectivity index is 1.47. The maximum atomic E-state index is 12.7. The number of para-hydroxylation sites is 1. The first-order valence-corrected chi connectivity index (χ1v) is 11.9. The molecule has 2 amide bonds. The molecular weight excluding hydrogens is 414 g/mol. The SMILES string of the molecule is CC(C)(C)C1CCc2c(sc(NC(=O)CC3Sc4ccccc4NC3=O)c2C#N)C1. The molecule has 1 aromatic heterocycles. The van der Waals surface area contributed by atoms with Crippen LogP contribution in [-0.2, 0) is 22.4 Å². The van der Waals surface area contributed by atoms with Crippen LogP contribution in [0.5, 0.6) is 0 Å². The summed E-state index contributed by atoms with van der Waals surface area (Å²) >= 11 is 2.93. The van der Waals surface area contributed by atoms with Crippen LogP contribution in [0.15, 0.2) is 29.2 Å². The Morgan fingerprint density at radius 3 is 2.83 bits per heavy atom. The van der Waals surface area contributed by atoms with E-state index in [0.717, 1.165) is 35.4 Å². The molecule has 7 heteroatoms. The van der Waals surface area contributed by atoms with Crippen LogP contribution in [0.4, 0.5) is 10.7 Å². The van der Waals surface area contributed by atoms with Crippen molar-refractivity contribution in [3.8, 4) is 6.07 Å². The van der Waals surface area contributed by atoms with Gasteiger partial charge < -0.3 is 10.6 Å². The lowest BCUT2D eigenvalue weighted by Gasteiger charge is -2.33. The highest BCUT2D eigenvalue weighted by Gasteiger charge is 2.33. The predicted molar refractivity (Wildman–Crippen MR) is 122 cm³/mol. The van der Waals surface area contributed by atoms with Gasteiger partial charge in [0.15, 0.2) is 0 Å². The van der Waals surface area contributed by atoms with E-state index < -0.39 is 5.25 Å². The summed E-state index contributed by atoms with van der Waals surface area (Å²) in [5, 5.41) is 15.7. The van der Waals surface area contributed by atoms with E-state index in [1.807, 2.05) is 24.3 Å². The number of nitriles is 1. The molecule has 4 rings (SSSR count). The lowest BCUT2D eigenvalue weighted by molar-refractivity contribution is -0.120. The molecule has 5 nitrogen and oxygen atoms in total. The number of anilines is 2. The minimum absolute atomic E-state index is 0.0723. The molecule has 2 N–H and O–H groups in total. The predicted octanol–water partition coefficient (Wildman–Crippen LogP) is 5.21. The Bertz CT molecular complexity index is 1050. The number of nitrogens with one attached hydrogen (secondary N) is 2. The van der Waals surface area contributed by atoms with Gasteiger partial charge in [-0.3, -0.25) is 9.59 Å². The van der Waals surface area contributed by atoms with Crippen LogP contribution in [0.25, 0.3) is 0 Å². The van der Waals surface area contributed by atoms with Gasteiger partial charge in [0.1, 0.15) is 11.1 Å². The third-order valence-electron chi connectivity index (χ3n) is 5.93. The Morgan fingerprint density at radius 2 is 2.10 bits per heavy atom. The van der Waals surface area contributed by atoms with Gasteiger partial charge in [0.2, 0.25) is 11.8 Å². The third kappa shape index (κ3) is 4.12. The molecule has 2 unspecified atom stereocenters. The molecule has 0 saturated carbocycles. The van der Waals surface area contributed by atoms with Gasteiger partial charge in [-0.1, -0.05) is 32.9 Å². The summed E-state index contributed by atoms with van der Waals surface area (Å²) in [4.78, 5) is 27.3. The van der Waals surface area contributed by atoms with E-state index in [-0.39, 0.29) is 23.7 Å². The number of rotatable bonds is 3. The molecule has 0 radical (unpaired) electrons. The van der Waals surface area contributed by atoms with Gasteiger partial charge >= 0.3 is 0 Å². The van der Waals surface area contributed by atoms with Crippen LogP contribution in [0.2, 0.25) is 0 Å². The van der Waals surface area contributed by atoms with Crippen molar-refractivity contribution >= 4 is 45.6 Å². The lowest BCUT2D eigenvalue weighted by atomic mass is 9.72. The second-order valence-electron chi connectivity index (χ2n) is 8.97. The Labute approximate surface area is 185 Å². The van der Waals surface area contributed by atoms with Gasteiger partial charge in [-0.15, -0.1) is 23.1 Å². The Hall–Kier alpha value is -2.30. The topological polar surface area (TPSA) is 82.0 Å². The number of carbonyl (C=O) groups excluding carboxylic acids is 2. The van der Waals surface area contributed by atoms with E-state index in [9.17, 15) is 14.9 Å². The fraction of sp³-hybridized carbons (Fsp3) is 0.435. The average Bonchev–Trinajstić information content (AvgIpc) is 3.03. The van der Waals surface area contributed by atoms with Crippen LogP contribution in [0.3, 0.4) is 0 Å². The van der Waals surface area contributed by atoms with E-state index >= 15 is 0 Å². The Morgan fingerprint density at radius 1 is 1.33 bits per heavy atom. The molecule has 1 aromatic carbocycles. The Kier molecular flexibility index (Phi) is 5.65. The van der Waals surface area contributed by atoms with E-state index in [0.29, 0.717) is 16.5 Å². The van der Waals surface area contributed by atoms with Crippen molar-refractivity contribution in [2.75, 3.05) is 10.6 Å². The summed E-state index contributed by atoms with van der Waals surface area (Å²) in [5.74, 6) is 0.179. The average molecular weight is 440 g/mol. The standard InChI is InChI=1S/C23H25N3O2S2/c1-23(2,3)13-8-9-14-15(12-24)22(30-18(14)10-13)26-20(27)11-19-21(28)25-16-6-4-5-7-17(16)29-19/h4-7,13,19H,8-11H2,1-3H3,(H,25,28)(H,26,27). The zero-order valence-electron chi connectivity index (χ0n) is 17.4. The molecule has 0 spiro atoms. The molecular formula is C23H25N3O2S2. The zero-order chi connectivity index (χ0) is 21.5. The maximum Gasteiger partial charge on any atom is 0.238 e. The normalized spacial score (nSPS) is 20.5. The van der Waals surface area contributed by atoms with Gasteiger partial charge in [-0.25, -0.2) is 0 Å². The lowest BCUT2D eigenvalue weighted by Crippen LogP contribution is -2.32. The minimum Gasteiger partial charge on any atom is -0.324 e. The van der Waals surface area contributed by atoms with Crippen molar-refractivity contribution in [1.82, 2.24) is 0 Å². The summed E-state index contributed by atoms with van der Waals surface area (Å²) in [6.07, 6.45) is 2.96. The number of benzene rings is 1. The number of amides is 2. The molecule has 1 aliphatic carbocycles. The minimum atomic E-state index is -0.481. The van der Waals surface area contributed by atoms with Crippen LogP contribution >= 0.6 is 23.1 Å². The highest BCUT2D eigenvalue weighted by atomic mass is 32.2. The van der Waals surface area contributed by atoms with Gasteiger partial charge in [-0.05, 0) is 48.3 Å². The molecule has 0 fully saturated rings. The molecule has 0 saturated heterocycles. The first-order chi connectivity index (χ1) is 14.3. The number of hydrogen-bond donors (Lipinski definition) is 2. The second kappa shape index (κ2) is 8.09. The number of carbonyl (C=O) groups is 2. The van der Waals surface area contributed by atoms with Crippen molar-refractivity contribution < 1.29 is 9.59 Å². The first kappa shape index (κ1) is 21.0. The number of thioether (sulfide) groups is 1. The first-order valence-electron chi connectivity index (χ1n) is 10.2. The molecule has 1 aliphatic heterocycles. The van der Waals surface area contributed by atoms with Crippen molar-refractivity contribution in [3.63, 3.8) is 0 Å². The van der Waals surface area contributed by atoms with E-state index in [4.69, 9.17) is 0 Å². The fourth-order valence-electron chi connectivity index (χ4n) is 4.10. The van der Waals surface area contributed by atoms with E-state index in [1.54, 1.807) is 0 Å². The monoisotopic (exact) mass is 439 g/mol. The number of fused-ring (bicyclic) bond motifs is 2. The summed E-state index contributed by atoms with van der Waals surface area (Å²) in [6, 6.07) is 9.89. The highest BCUT2D eigenvalue weighted by Crippen LogP contribution is 2.44. The molecule has 2 aromatic rings. The van der Waals surface area contributed by atoms with Crippen molar-refractivity contribution in [2.45, 2.75) is 56.6 Å². The van der Waals surface area contributed by atoms with Crippen molar-refractivity contribution in [1.29, 1.82) is 5.26 Å². The van der Waals surface area contributed by atoms with Crippen molar-refractivity contribution in [3.05, 3.63) is 40.3 Å². The van der Waals surface area contributed by atoms with Gasteiger partial charge in [0, 0.05) is 16.2 Å². The molecule has 2 aliphatic rings. The summed E-state index contributed by atoms with van der Waals surface area (Å²) < 4.78 is 0. The molecule has 156 valence electrons. The van der Waals surface area contributed by atoms with Gasteiger partial charge in [0.25, 0.3) is 0 Å². The van der Waals surface area contributed by atoms with Gasteiger partial charge in [0.05, 0.1) is 16.5 Å². The fourth-order valence-corrected chi connectivity index (χ4v) is 6.51. The summed E-state index contributed by atoms with van der Waals surface area (Å²) in [6.45, 7) is 6.78. The number of nitrogens with zero attached hydrogens (tertiary/aromatic N) is 1. The van der Waals surface area contributed by atoms with Crippen LogP contribution < -0.4 is 10.6 Å². The molecule has 30 heavy (non-hydrogen) atoms.